The minimum absolute atomic E-state index is 0.196. The third kappa shape index (κ3) is 3.86. The van der Waals surface area contributed by atoms with E-state index in [0.717, 1.165) is 5.32 Å². The third-order valence-electron chi connectivity index (χ3n) is 2.66. The first-order chi connectivity index (χ1) is 8.63. The fraction of sp³-hybridized carbons (Fsp3) is 0.900. The first-order valence-electron chi connectivity index (χ1n) is 5.48. The van der Waals surface area contributed by atoms with Crippen LogP contribution in [0.15, 0.2) is 5.11 Å². The van der Waals surface area contributed by atoms with Crippen LogP contribution in [0.1, 0.15) is 6.92 Å². The average molecular weight is 322 g/mol. The van der Waals surface area contributed by atoms with E-state index in [4.69, 9.17) is 19.7 Å². The second-order valence-electron chi connectivity index (χ2n) is 3.87. The number of nitrogens with zero attached hydrogens (tertiary/aromatic N) is 3. The monoisotopic (exact) mass is 323 g/mol. The Kier molecular flexibility index (Phi) is 6.46. The van der Waals surface area contributed by atoms with E-state index in [1.165, 1.54) is 6.92 Å². The van der Waals surface area contributed by atoms with Crippen LogP contribution in [0.4, 0.5) is 0 Å². The van der Waals surface area contributed by atoms with Crippen LogP contribution in [-0.2, 0) is 19.0 Å². The molecule has 8 heteroatoms. The first-order valence-corrected chi connectivity index (χ1v) is 7.68. The number of hydrogen-bond donors (Lipinski definition) is 0. The summed E-state index contributed by atoms with van der Waals surface area (Å²) in [5, 5.41) is 4.43. The van der Waals surface area contributed by atoms with Gasteiger partial charge in [0.05, 0.1) is 0 Å². The summed E-state index contributed by atoms with van der Waals surface area (Å²) in [6.07, 6.45) is -0.808. The van der Waals surface area contributed by atoms with Crippen molar-refractivity contribution in [1.82, 2.24) is 0 Å². The van der Waals surface area contributed by atoms with Crippen LogP contribution in [-0.4, -0.2) is 60.0 Å². The summed E-state index contributed by atoms with van der Waals surface area (Å²) in [6.45, 7) is 1.89. The molecule has 0 unspecified atom stereocenters. The summed E-state index contributed by atoms with van der Waals surface area (Å²) in [7, 11) is 3.20. The molecule has 0 aromatic carbocycles. The van der Waals surface area contributed by atoms with Crippen molar-refractivity contribution in [3.63, 3.8) is 0 Å². The van der Waals surface area contributed by atoms with Crippen LogP contribution in [0.5, 0.6) is 0 Å². The summed E-state index contributed by atoms with van der Waals surface area (Å²) in [6, 6.07) is -0.350. The Morgan fingerprint density at radius 1 is 1.50 bits per heavy atom. The van der Waals surface area contributed by atoms with Crippen molar-refractivity contribution >= 4 is 20.9 Å². The number of rotatable bonds is 5. The molecule has 1 saturated heterocycles. The van der Waals surface area contributed by atoms with Crippen molar-refractivity contribution in [1.29, 1.82) is 0 Å². The SMILES string of the molecule is COC[C@@H]1[Se]C[C@@H](N=[N+]=[N-])[C@H](OC(C)=O)[C@H]1OC. The zero-order valence-corrected chi connectivity index (χ0v) is 12.3. The average Bonchev–Trinajstić information content (AvgIpc) is 2.32. The standard InChI is InChI=1S/C10H17N3O4Se/c1-6(14)17-9-7(12-13-11)5-18-8(4-15-2)10(9)16-3/h7-10H,4-5H2,1-3H3/t7-,8+,9+,10+/m1/s1. The van der Waals surface area contributed by atoms with Crippen molar-refractivity contribution in [3.05, 3.63) is 10.4 Å². The van der Waals surface area contributed by atoms with Crippen LogP contribution < -0.4 is 0 Å². The molecule has 0 aromatic heterocycles. The van der Waals surface area contributed by atoms with Crippen LogP contribution in [0.25, 0.3) is 10.4 Å². The summed E-state index contributed by atoms with van der Waals surface area (Å²) < 4.78 is 15.8. The fourth-order valence-electron chi connectivity index (χ4n) is 1.94. The van der Waals surface area contributed by atoms with Crippen molar-refractivity contribution in [2.45, 2.75) is 35.3 Å². The van der Waals surface area contributed by atoms with Crippen LogP contribution in [0.3, 0.4) is 0 Å². The number of ether oxygens (including phenoxy) is 3. The molecule has 0 N–H and O–H groups in total. The Bertz CT molecular complexity index is 335. The Morgan fingerprint density at radius 3 is 2.72 bits per heavy atom. The number of hydrogen-bond acceptors (Lipinski definition) is 5. The first kappa shape index (κ1) is 15.3. The summed E-state index contributed by atoms with van der Waals surface area (Å²) in [5.41, 5.74) is 8.56. The normalized spacial score (nSPS) is 31.5. The number of carbonyl (C=O) groups excluding carboxylic acids is 1. The number of azide groups is 1. The molecule has 7 nitrogen and oxygen atoms in total. The molecular formula is C10H17N3O4Se. The van der Waals surface area contributed by atoms with Gasteiger partial charge in [-0.15, -0.1) is 0 Å². The molecule has 1 aliphatic heterocycles. The topological polar surface area (TPSA) is 93.5 Å². The second kappa shape index (κ2) is 7.61. The van der Waals surface area contributed by atoms with Crippen molar-refractivity contribution in [2.24, 2.45) is 5.11 Å². The molecule has 0 bridgehead atoms. The zero-order chi connectivity index (χ0) is 13.5. The van der Waals surface area contributed by atoms with Gasteiger partial charge in [0.2, 0.25) is 0 Å². The van der Waals surface area contributed by atoms with Gasteiger partial charge in [-0.25, -0.2) is 0 Å². The van der Waals surface area contributed by atoms with Crippen LogP contribution >= 0.6 is 0 Å². The third-order valence-corrected chi connectivity index (χ3v) is 5.52. The molecule has 1 aliphatic rings. The van der Waals surface area contributed by atoms with Gasteiger partial charge in [-0.1, -0.05) is 0 Å². The molecule has 18 heavy (non-hydrogen) atoms. The molecular weight excluding hydrogens is 305 g/mol. The number of methoxy groups -OCH3 is 2. The van der Waals surface area contributed by atoms with Gasteiger partial charge < -0.3 is 0 Å². The van der Waals surface area contributed by atoms with Crippen LogP contribution in [0, 0.1) is 0 Å². The van der Waals surface area contributed by atoms with E-state index in [-0.39, 0.29) is 31.9 Å². The van der Waals surface area contributed by atoms with Gasteiger partial charge in [-0.05, 0) is 0 Å². The quantitative estimate of drug-likeness (QED) is 0.250. The molecule has 0 spiro atoms. The van der Waals surface area contributed by atoms with Crippen LogP contribution in [0.2, 0.25) is 10.1 Å². The zero-order valence-electron chi connectivity index (χ0n) is 10.6. The molecule has 0 radical (unpaired) electrons. The molecule has 1 fully saturated rings. The van der Waals surface area contributed by atoms with E-state index in [0.29, 0.717) is 6.61 Å². The van der Waals surface area contributed by atoms with E-state index in [1.807, 2.05) is 0 Å². The Balaban J connectivity index is 2.87. The van der Waals surface area contributed by atoms with Gasteiger partial charge in [0.15, 0.2) is 0 Å². The summed E-state index contributed by atoms with van der Waals surface area (Å²) >= 11 is 0.228. The molecule has 0 aromatic rings. The molecule has 0 saturated carbocycles. The van der Waals surface area contributed by atoms with Gasteiger partial charge in [-0.3, -0.25) is 0 Å². The minimum atomic E-state index is -0.529. The van der Waals surface area contributed by atoms with E-state index < -0.39 is 12.1 Å². The van der Waals surface area contributed by atoms with Gasteiger partial charge >= 0.3 is 112 Å². The van der Waals surface area contributed by atoms with E-state index in [2.05, 4.69) is 10.0 Å². The Morgan fingerprint density at radius 2 is 2.22 bits per heavy atom. The van der Waals surface area contributed by atoms with Gasteiger partial charge in [-0.2, -0.15) is 0 Å². The maximum absolute atomic E-state index is 11.1. The fourth-order valence-corrected chi connectivity index (χ4v) is 4.85. The number of carbonyl (C=O) groups is 1. The Hall–Kier alpha value is -0.781. The molecule has 0 aliphatic carbocycles. The predicted molar refractivity (Wildman–Crippen MR) is 65.5 cm³/mol. The molecule has 1 rings (SSSR count). The molecule has 102 valence electrons. The van der Waals surface area contributed by atoms with Gasteiger partial charge in [0, 0.05) is 0 Å². The van der Waals surface area contributed by atoms with E-state index in [1.54, 1.807) is 14.2 Å². The Labute approximate surface area is 112 Å². The maximum atomic E-state index is 11.1. The number of esters is 1. The van der Waals surface area contributed by atoms with Gasteiger partial charge in [0.1, 0.15) is 0 Å². The van der Waals surface area contributed by atoms with Crippen molar-refractivity contribution in [3.8, 4) is 0 Å². The predicted octanol–water partition coefficient (Wildman–Crippen LogP) is 1.18. The molecule has 4 atom stereocenters. The van der Waals surface area contributed by atoms with Gasteiger partial charge in [0.25, 0.3) is 0 Å². The van der Waals surface area contributed by atoms with E-state index >= 15 is 0 Å². The molecule has 1 heterocycles. The van der Waals surface area contributed by atoms with Crippen molar-refractivity contribution < 1.29 is 19.0 Å². The summed E-state index contributed by atoms with van der Waals surface area (Å²) in [5.74, 6) is -0.397. The summed E-state index contributed by atoms with van der Waals surface area (Å²) in [4.78, 5) is 14.2. The second-order valence-corrected chi connectivity index (χ2v) is 6.54. The molecule has 0 amide bonds. The van der Waals surface area contributed by atoms with E-state index in [9.17, 15) is 4.79 Å². The van der Waals surface area contributed by atoms with Crippen molar-refractivity contribution in [2.75, 3.05) is 20.8 Å².